The topological polar surface area (TPSA) is 32.3 Å². The quantitative estimate of drug-likeness (QED) is 0.757. The van der Waals surface area contributed by atoms with E-state index in [1.807, 2.05) is 0 Å². The molecule has 0 radical (unpaired) electrons. The van der Waals surface area contributed by atoms with Crippen molar-refractivity contribution >= 4 is 0 Å². The van der Waals surface area contributed by atoms with Crippen molar-refractivity contribution in [1.82, 2.24) is 5.32 Å². The first-order valence-electron chi connectivity index (χ1n) is 6.79. The predicted molar refractivity (Wildman–Crippen MR) is 69.5 cm³/mol. The summed E-state index contributed by atoms with van der Waals surface area (Å²) in [6.45, 7) is 9.29. The van der Waals surface area contributed by atoms with E-state index in [9.17, 15) is 5.11 Å². The summed E-state index contributed by atoms with van der Waals surface area (Å²) in [7, 11) is 0. The zero-order valence-corrected chi connectivity index (χ0v) is 11.3. The number of aliphatic hydroxyl groups excluding tert-OH is 1. The molecule has 2 nitrogen and oxygen atoms in total. The van der Waals surface area contributed by atoms with E-state index >= 15 is 0 Å². The summed E-state index contributed by atoms with van der Waals surface area (Å²) >= 11 is 0. The summed E-state index contributed by atoms with van der Waals surface area (Å²) in [5, 5.41) is 12.8. The Morgan fingerprint density at radius 2 is 1.75 bits per heavy atom. The van der Waals surface area contributed by atoms with Gasteiger partial charge in [-0.1, -0.05) is 40.0 Å². The Morgan fingerprint density at radius 1 is 1.12 bits per heavy atom. The average Bonchev–Trinajstić information content (AvgIpc) is 2.17. The molecule has 0 spiro atoms. The minimum atomic E-state index is 0.344. The van der Waals surface area contributed by atoms with Gasteiger partial charge in [0.25, 0.3) is 0 Å². The molecule has 1 saturated carbocycles. The van der Waals surface area contributed by atoms with Crippen LogP contribution in [0.3, 0.4) is 0 Å². The van der Waals surface area contributed by atoms with E-state index in [4.69, 9.17) is 0 Å². The van der Waals surface area contributed by atoms with Crippen molar-refractivity contribution in [2.24, 2.45) is 10.8 Å². The van der Waals surface area contributed by atoms with Gasteiger partial charge in [-0.2, -0.15) is 0 Å². The van der Waals surface area contributed by atoms with Crippen LogP contribution in [0.1, 0.15) is 59.3 Å². The van der Waals surface area contributed by atoms with Gasteiger partial charge in [-0.3, -0.25) is 0 Å². The molecule has 0 aliphatic heterocycles. The van der Waals surface area contributed by atoms with Gasteiger partial charge in [0.1, 0.15) is 0 Å². The lowest BCUT2D eigenvalue weighted by Gasteiger charge is -2.38. The molecular formula is C14H29NO. The molecule has 1 fully saturated rings. The molecule has 0 heterocycles. The lowest BCUT2D eigenvalue weighted by atomic mass is 9.72. The van der Waals surface area contributed by atoms with Crippen molar-refractivity contribution in [3.05, 3.63) is 0 Å². The fraction of sp³-hybridized carbons (Fsp3) is 1.00. The van der Waals surface area contributed by atoms with E-state index in [0.717, 1.165) is 19.5 Å². The fourth-order valence-corrected chi connectivity index (χ4v) is 2.76. The molecule has 0 aromatic heterocycles. The van der Waals surface area contributed by atoms with E-state index in [-0.39, 0.29) is 0 Å². The second-order valence-electron chi connectivity index (χ2n) is 6.70. The van der Waals surface area contributed by atoms with Crippen molar-refractivity contribution in [3.8, 4) is 0 Å². The Kier molecular flexibility index (Phi) is 5.26. The third kappa shape index (κ3) is 4.84. The Morgan fingerprint density at radius 3 is 2.25 bits per heavy atom. The zero-order valence-electron chi connectivity index (χ0n) is 11.3. The van der Waals surface area contributed by atoms with Gasteiger partial charge in [-0.15, -0.1) is 0 Å². The van der Waals surface area contributed by atoms with Gasteiger partial charge in [0.05, 0.1) is 0 Å². The van der Waals surface area contributed by atoms with Crippen LogP contribution in [-0.4, -0.2) is 24.8 Å². The third-order valence-electron chi connectivity index (χ3n) is 3.71. The maximum Gasteiger partial charge on any atom is 0.0436 e. The van der Waals surface area contributed by atoms with Crippen LogP contribution in [0.25, 0.3) is 0 Å². The molecule has 0 atom stereocenters. The number of hydrogen-bond donors (Lipinski definition) is 2. The molecule has 2 heteroatoms. The molecule has 0 aromatic carbocycles. The van der Waals surface area contributed by atoms with Gasteiger partial charge in [-0.25, -0.2) is 0 Å². The van der Waals surface area contributed by atoms with Crippen LogP contribution >= 0.6 is 0 Å². The molecule has 0 amide bonds. The van der Waals surface area contributed by atoms with E-state index in [1.54, 1.807) is 0 Å². The van der Waals surface area contributed by atoms with E-state index < -0.39 is 0 Å². The molecule has 1 aliphatic carbocycles. The summed E-state index contributed by atoms with van der Waals surface area (Å²) in [6.07, 6.45) is 7.64. The molecule has 16 heavy (non-hydrogen) atoms. The van der Waals surface area contributed by atoms with Crippen LogP contribution in [0, 0.1) is 10.8 Å². The molecule has 0 unspecified atom stereocenters. The van der Waals surface area contributed by atoms with Crippen molar-refractivity contribution in [3.63, 3.8) is 0 Å². The van der Waals surface area contributed by atoms with Crippen molar-refractivity contribution < 1.29 is 5.11 Å². The summed E-state index contributed by atoms with van der Waals surface area (Å²) in [5.74, 6) is 0. The zero-order chi connectivity index (χ0) is 12.1. The normalized spacial score (nSPS) is 21.0. The van der Waals surface area contributed by atoms with Gasteiger partial charge in [0.2, 0.25) is 0 Å². The lowest BCUT2D eigenvalue weighted by Crippen LogP contribution is -2.40. The Labute approximate surface area is 101 Å². The van der Waals surface area contributed by atoms with Crippen molar-refractivity contribution in [2.75, 3.05) is 19.7 Å². The predicted octanol–water partition coefficient (Wildman–Crippen LogP) is 2.96. The van der Waals surface area contributed by atoms with Crippen LogP contribution in [0.2, 0.25) is 0 Å². The standard InChI is InChI=1S/C14H29NO/c1-13(2,3)11-15-12-14(9-10-16)7-5-4-6-8-14/h15-16H,4-12H2,1-3H3. The minimum absolute atomic E-state index is 0.344. The molecule has 0 saturated heterocycles. The Bertz CT molecular complexity index is 184. The van der Waals surface area contributed by atoms with E-state index in [1.165, 1.54) is 32.1 Å². The number of nitrogens with one attached hydrogen (secondary N) is 1. The first-order chi connectivity index (χ1) is 7.47. The first-order valence-corrected chi connectivity index (χ1v) is 6.79. The smallest absolute Gasteiger partial charge is 0.0436 e. The largest absolute Gasteiger partial charge is 0.396 e. The SMILES string of the molecule is CC(C)(C)CNCC1(CCO)CCCCC1. The molecule has 2 N–H and O–H groups in total. The van der Waals surface area contributed by atoms with Crippen molar-refractivity contribution in [2.45, 2.75) is 59.3 Å². The fourth-order valence-electron chi connectivity index (χ4n) is 2.76. The van der Waals surface area contributed by atoms with Gasteiger partial charge in [-0.05, 0) is 30.1 Å². The number of aliphatic hydroxyl groups is 1. The monoisotopic (exact) mass is 227 g/mol. The highest BCUT2D eigenvalue weighted by Crippen LogP contribution is 2.38. The number of hydrogen-bond acceptors (Lipinski definition) is 2. The van der Waals surface area contributed by atoms with Crippen LogP contribution in [0.5, 0.6) is 0 Å². The Balaban J connectivity index is 2.38. The third-order valence-corrected chi connectivity index (χ3v) is 3.71. The summed E-state index contributed by atoms with van der Waals surface area (Å²) in [5.41, 5.74) is 0.743. The number of rotatable bonds is 5. The van der Waals surface area contributed by atoms with Crippen LogP contribution in [0.15, 0.2) is 0 Å². The molecule has 0 aromatic rings. The van der Waals surface area contributed by atoms with Crippen LogP contribution < -0.4 is 5.32 Å². The van der Waals surface area contributed by atoms with Gasteiger partial charge in [0, 0.05) is 19.7 Å². The highest BCUT2D eigenvalue weighted by Gasteiger charge is 2.31. The first kappa shape index (κ1) is 14.0. The second kappa shape index (κ2) is 6.02. The summed E-state index contributed by atoms with van der Waals surface area (Å²) < 4.78 is 0. The summed E-state index contributed by atoms with van der Waals surface area (Å²) in [4.78, 5) is 0. The average molecular weight is 227 g/mol. The lowest BCUT2D eigenvalue weighted by molar-refractivity contribution is 0.123. The minimum Gasteiger partial charge on any atom is -0.396 e. The van der Waals surface area contributed by atoms with Crippen molar-refractivity contribution in [1.29, 1.82) is 0 Å². The Hall–Kier alpha value is -0.0800. The molecule has 1 aliphatic rings. The summed E-state index contributed by atoms with van der Waals surface area (Å²) in [6, 6.07) is 0. The van der Waals surface area contributed by atoms with Gasteiger partial charge >= 0.3 is 0 Å². The molecule has 1 rings (SSSR count). The van der Waals surface area contributed by atoms with Gasteiger partial charge < -0.3 is 10.4 Å². The maximum absolute atomic E-state index is 9.22. The maximum atomic E-state index is 9.22. The van der Waals surface area contributed by atoms with Gasteiger partial charge in [0.15, 0.2) is 0 Å². The molecular weight excluding hydrogens is 198 g/mol. The van der Waals surface area contributed by atoms with Crippen LogP contribution in [-0.2, 0) is 0 Å². The molecule has 0 bridgehead atoms. The van der Waals surface area contributed by atoms with E-state index in [2.05, 4.69) is 26.1 Å². The second-order valence-corrected chi connectivity index (χ2v) is 6.70. The van der Waals surface area contributed by atoms with Crippen LogP contribution in [0.4, 0.5) is 0 Å². The van der Waals surface area contributed by atoms with E-state index in [0.29, 0.717) is 17.4 Å². The molecule has 96 valence electrons. The highest BCUT2D eigenvalue weighted by molar-refractivity contribution is 4.85. The highest BCUT2D eigenvalue weighted by atomic mass is 16.3.